The second kappa shape index (κ2) is 12.0. The summed E-state index contributed by atoms with van der Waals surface area (Å²) in [6.07, 6.45) is 7.42. The molecule has 6 aromatic rings. The van der Waals surface area contributed by atoms with E-state index >= 15 is 0 Å². The molecule has 5 heterocycles. The van der Waals surface area contributed by atoms with Crippen LogP contribution in [0.4, 0.5) is 0 Å². The van der Waals surface area contributed by atoms with E-state index < -0.39 is 10.9 Å². The Kier molecular flexibility index (Phi) is 7.74. The predicted molar refractivity (Wildman–Crippen MR) is 184 cm³/mol. The SMILES string of the molecule is CC(C)Oc1c(-c2c3nc(c(-c4ccccc4)c4ccc(cc5nc(c(-c6ccccc6)c6ccc2[n-]6)C=C5)[n-]4)C=C3)c(=O)c1=O.[Zn+2]. The van der Waals surface area contributed by atoms with Crippen molar-refractivity contribution in [1.82, 2.24) is 19.9 Å². The quantitative estimate of drug-likeness (QED) is 0.141. The molecule has 0 N–H and O–H groups in total. The van der Waals surface area contributed by atoms with Crippen LogP contribution in [0.1, 0.15) is 36.6 Å². The molecule has 8 bridgehead atoms. The number of hydrogen-bond donors (Lipinski definition) is 0. The Bertz CT molecular complexity index is 2430. The Morgan fingerprint density at radius 1 is 0.574 bits per heavy atom. The van der Waals surface area contributed by atoms with Crippen molar-refractivity contribution in [2.45, 2.75) is 20.0 Å². The van der Waals surface area contributed by atoms with E-state index in [1.54, 1.807) is 0 Å². The summed E-state index contributed by atoms with van der Waals surface area (Å²) in [5, 5.41) is 0. The van der Waals surface area contributed by atoms with Crippen molar-refractivity contribution in [1.29, 1.82) is 0 Å². The van der Waals surface area contributed by atoms with Crippen molar-refractivity contribution in [3.05, 3.63) is 134 Å². The number of nitrogens with zero attached hydrogens (tertiary/aromatic N) is 4. The molecular formula is C39H26N4O3Zn. The topological polar surface area (TPSA) is 97.3 Å². The monoisotopic (exact) mass is 662 g/mol. The molecule has 0 saturated heterocycles. The first-order chi connectivity index (χ1) is 22.4. The van der Waals surface area contributed by atoms with E-state index in [9.17, 15) is 9.59 Å². The number of aromatic nitrogens is 4. The summed E-state index contributed by atoms with van der Waals surface area (Å²) >= 11 is 0. The van der Waals surface area contributed by atoms with Crippen LogP contribution in [0.25, 0.3) is 79.8 Å². The van der Waals surface area contributed by atoms with Gasteiger partial charge in [0.15, 0.2) is 5.75 Å². The van der Waals surface area contributed by atoms with Crippen LogP contribution in [0.15, 0.2) is 101 Å². The van der Waals surface area contributed by atoms with Gasteiger partial charge in [0.25, 0.3) is 5.43 Å². The molecule has 0 fully saturated rings. The number of hydrogen-bond acceptors (Lipinski definition) is 5. The molecule has 2 aliphatic heterocycles. The Morgan fingerprint density at radius 3 is 1.74 bits per heavy atom. The Labute approximate surface area is 282 Å². The van der Waals surface area contributed by atoms with Gasteiger partial charge in [0, 0.05) is 5.56 Å². The summed E-state index contributed by atoms with van der Waals surface area (Å²) in [7, 11) is 0. The van der Waals surface area contributed by atoms with Crippen LogP contribution < -0.4 is 25.6 Å². The van der Waals surface area contributed by atoms with Gasteiger partial charge in [0.05, 0.1) is 34.4 Å². The van der Waals surface area contributed by atoms with Crippen molar-refractivity contribution < 1.29 is 24.2 Å². The third-order valence-corrected chi connectivity index (χ3v) is 8.03. The molecule has 222 valence electrons. The van der Waals surface area contributed by atoms with Gasteiger partial charge in [0.2, 0.25) is 5.43 Å². The maximum absolute atomic E-state index is 13.3. The van der Waals surface area contributed by atoms with Crippen LogP contribution in [0, 0.1) is 0 Å². The molecule has 0 saturated carbocycles. The third-order valence-electron chi connectivity index (χ3n) is 8.03. The summed E-state index contributed by atoms with van der Waals surface area (Å²) < 4.78 is 5.89. The number of rotatable bonds is 5. The zero-order valence-electron chi connectivity index (χ0n) is 25.8. The molecule has 0 spiro atoms. The fraction of sp³-hybridized carbons (Fsp3) is 0.0769. The predicted octanol–water partition coefficient (Wildman–Crippen LogP) is 7.30. The van der Waals surface area contributed by atoms with E-state index in [4.69, 9.17) is 24.7 Å². The van der Waals surface area contributed by atoms with Crippen molar-refractivity contribution in [3.63, 3.8) is 0 Å². The second-order valence-electron chi connectivity index (χ2n) is 11.5. The van der Waals surface area contributed by atoms with Crippen LogP contribution >= 0.6 is 0 Å². The van der Waals surface area contributed by atoms with Gasteiger partial charge < -0.3 is 14.7 Å². The van der Waals surface area contributed by atoms with E-state index in [1.165, 1.54) is 0 Å². The van der Waals surface area contributed by atoms with Gasteiger partial charge >= 0.3 is 19.5 Å². The smallest absolute Gasteiger partial charge is 0.657 e. The van der Waals surface area contributed by atoms with Crippen LogP contribution in [0.3, 0.4) is 0 Å². The molecule has 8 heteroatoms. The maximum atomic E-state index is 13.3. The molecule has 0 amide bonds. The van der Waals surface area contributed by atoms with E-state index in [-0.39, 0.29) is 36.9 Å². The van der Waals surface area contributed by atoms with Crippen LogP contribution in [-0.4, -0.2) is 16.1 Å². The molecule has 8 rings (SSSR count). The maximum Gasteiger partial charge on any atom is 2.00 e. The van der Waals surface area contributed by atoms with E-state index in [2.05, 4.69) is 0 Å². The first-order valence-corrected chi connectivity index (χ1v) is 15.1. The first-order valence-electron chi connectivity index (χ1n) is 15.1. The zero-order chi connectivity index (χ0) is 31.4. The second-order valence-corrected chi connectivity index (χ2v) is 11.5. The minimum absolute atomic E-state index is 0. The average Bonchev–Trinajstić information content (AvgIpc) is 3.90. The van der Waals surface area contributed by atoms with Gasteiger partial charge in [-0.2, -0.15) is 0 Å². The molecule has 3 aromatic carbocycles. The fourth-order valence-electron chi connectivity index (χ4n) is 6.02. The van der Waals surface area contributed by atoms with Crippen LogP contribution in [0.2, 0.25) is 0 Å². The molecule has 2 aliphatic rings. The molecule has 0 unspecified atom stereocenters. The number of benzene rings is 2. The summed E-state index contributed by atoms with van der Waals surface area (Å²) in [5.74, 6) is 0.0400. The molecule has 0 atom stereocenters. The third kappa shape index (κ3) is 5.31. The van der Waals surface area contributed by atoms with Gasteiger partial charge in [0.1, 0.15) is 0 Å². The van der Waals surface area contributed by atoms with E-state index in [0.29, 0.717) is 28.0 Å². The summed E-state index contributed by atoms with van der Waals surface area (Å²) in [6.45, 7) is 3.65. The van der Waals surface area contributed by atoms with Crippen LogP contribution in [0.5, 0.6) is 5.75 Å². The van der Waals surface area contributed by atoms with Gasteiger partial charge in [-0.15, -0.1) is 22.1 Å². The minimum Gasteiger partial charge on any atom is -0.657 e. The van der Waals surface area contributed by atoms with Crippen molar-refractivity contribution in [2.75, 3.05) is 0 Å². The molecule has 47 heavy (non-hydrogen) atoms. The summed E-state index contributed by atoms with van der Waals surface area (Å²) in [5.41, 5.74) is 8.38. The normalized spacial score (nSPS) is 12.1. The standard InChI is InChI=1S/C39H28N4O3.Zn/c1-22(2)46-39-36(37(44)38(39)45)35-31-19-17-29(42-31)33(23-9-5-3-6-10-23)27-15-13-25(40-27)21-26-14-16-28(41-26)34(24-11-7-4-8-12-24)30-18-20-32(35)43-30;/h3-22H,1-2H3,(H2,40,41,42,43,44,45);/q;+2/p-2. The van der Waals surface area contributed by atoms with Crippen molar-refractivity contribution >= 4 is 46.4 Å². The van der Waals surface area contributed by atoms with Crippen LogP contribution in [-0.2, 0) is 19.5 Å². The number of fused-ring (bicyclic) bond motifs is 8. The summed E-state index contributed by atoms with van der Waals surface area (Å²) in [6, 6.07) is 29.6. The number of ether oxygens (including phenoxy) is 1. The van der Waals surface area contributed by atoms with E-state index in [0.717, 1.165) is 44.7 Å². The molecule has 0 aliphatic carbocycles. The first kappa shape index (κ1) is 30.2. The summed E-state index contributed by atoms with van der Waals surface area (Å²) in [4.78, 5) is 46.2. The average molecular weight is 664 g/mol. The minimum atomic E-state index is -0.645. The van der Waals surface area contributed by atoms with Gasteiger partial charge in [-0.3, -0.25) is 9.59 Å². The Balaban J connectivity index is 0.00000351. The largest absolute Gasteiger partial charge is 2.00 e. The Hall–Kier alpha value is -5.46. The molecule has 3 aromatic heterocycles. The molecule has 7 nitrogen and oxygen atoms in total. The molecule has 0 radical (unpaired) electrons. The zero-order valence-corrected chi connectivity index (χ0v) is 28.7. The molecular weight excluding hydrogens is 638 g/mol. The Morgan fingerprint density at radius 2 is 1.11 bits per heavy atom. The van der Waals surface area contributed by atoms with Gasteiger partial charge in [-0.05, 0) is 60.4 Å². The van der Waals surface area contributed by atoms with E-state index in [1.807, 2.05) is 129 Å². The fourth-order valence-corrected chi connectivity index (χ4v) is 6.02. The van der Waals surface area contributed by atoms with Crippen molar-refractivity contribution in [3.8, 4) is 39.1 Å². The van der Waals surface area contributed by atoms with Gasteiger partial charge in [-0.25, -0.2) is 9.97 Å². The van der Waals surface area contributed by atoms with Crippen molar-refractivity contribution in [2.24, 2.45) is 0 Å². The van der Waals surface area contributed by atoms with Gasteiger partial charge in [-0.1, -0.05) is 91.0 Å².